The van der Waals surface area contributed by atoms with Crippen molar-refractivity contribution in [2.75, 3.05) is 0 Å². The van der Waals surface area contributed by atoms with Crippen LogP contribution < -0.4 is 0 Å². The number of nitrogens with zero attached hydrogens (tertiary/aromatic N) is 2. The molecule has 1 aromatic heterocycles. The van der Waals surface area contributed by atoms with Crippen LogP contribution in [0.3, 0.4) is 0 Å². The van der Waals surface area contributed by atoms with Crippen molar-refractivity contribution in [2.24, 2.45) is 7.05 Å². The van der Waals surface area contributed by atoms with E-state index >= 15 is 0 Å². The number of carboxylic acid groups (broad SMARTS) is 1. The van der Waals surface area contributed by atoms with Crippen molar-refractivity contribution in [1.29, 1.82) is 0 Å². The van der Waals surface area contributed by atoms with Crippen molar-refractivity contribution in [3.63, 3.8) is 0 Å². The Labute approximate surface area is 106 Å². The molecule has 18 heavy (non-hydrogen) atoms. The van der Waals surface area contributed by atoms with Crippen LogP contribution in [0.25, 0.3) is 0 Å². The standard InChI is InChI=1S/C13H18N2O3/c1-8-4-7-11(14(8)3)12(16)15(10-5-6-10)9(2)13(17)18/h4,7,9-10H,5-6H2,1-3H3,(H,17,18). The highest BCUT2D eigenvalue weighted by atomic mass is 16.4. The molecule has 1 fully saturated rings. The Kier molecular flexibility index (Phi) is 3.15. The van der Waals surface area contributed by atoms with Gasteiger partial charge in [-0.3, -0.25) is 4.79 Å². The first-order valence-electron chi connectivity index (χ1n) is 6.11. The van der Waals surface area contributed by atoms with Gasteiger partial charge in [0.1, 0.15) is 11.7 Å². The van der Waals surface area contributed by atoms with E-state index in [0.29, 0.717) is 5.69 Å². The zero-order valence-corrected chi connectivity index (χ0v) is 10.9. The molecule has 0 saturated heterocycles. The average Bonchev–Trinajstić information content (AvgIpc) is 3.07. The van der Waals surface area contributed by atoms with Crippen LogP contribution in [0.4, 0.5) is 0 Å². The third-order valence-electron chi connectivity index (χ3n) is 3.54. The van der Waals surface area contributed by atoms with Crippen molar-refractivity contribution in [3.05, 3.63) is 23.5 Å². The summed E-state index contributed by atoms with van der Waals surface area (Å²) in [6.07, 6.45) is 1.79. The molecule has 1 N–H and O–H groups in total. The molecule has 1 amide bonds. The normalized spacial score (nSPS) is 16.4. The van der Waals surface area contributed by atoms with Gasteiger partial charge in [0.2, 0.25) is 0 Å². The summed E-state index contributed by atoms with van der Waals surface area (Å²) in [6.45, 7) is 3.48. The van der Waals surface area contributed by atoms with Gasteiger partial charge in [-0.2, -0.15) is 0 Å². The van der Waals surface area contributed by atoms with E-state index < -0.39 is 12.0 Å². The Bertz CT molecular complexity index is 488. The molecular formula is C13H18N2O3. The first kappa shape index (κ1) is 12.7. The number of rotatable bonds is 4. The Morgan fingerprint density at radius 3 is 2.44 bits per heavy atom. The number of carbonyl (C=O) groups is 2. The maximum absolute atomic E-state index is 12.4. The van der Waals surface area contributed by atoms with E-state index in [1.54, 1.807) is 17.6 Å². The van der Waals surface area contributed by atoms with Gasteiger partial charge >= 0.3 is 5.97 Å². The number of hydrogen-bond acceptors (Lipinski definition) is 2. The van der Waals surface area contributed by atoms with Crippen LogP contribution in [0.2, 0.25) is 0 Å². The molecule has 1 aliphatic carbocycles. The number of carbonyl (C=O) groups excluding carboxylic acids is 1. The lowest BCUT2D eigenvalue weighted by atomic mass is 10.2. The van der Waals surface area contributed by atoms with Crippen LogP contribution in [0, 0.1) is 6.92 Å². The lowest BCUT2D eigenvalue weighted by Crippen LogP contribution is -2.45. The fourth-order valence-corrected chi connectivity index (χ4v) is 2.09. The summed E-state index contributed by atoms with van der Waals surface area (Å²) in [5, 5.41) is 9.10. The van der Waals surface area contributed by atoms with Crippen LogP contribution in [0.1, 0.15) is 35.9 Å². The molecule has 0 bridgehead atoms. The summed E-state index contributed by atoms with van der Waals surface area (Å²) < 4.78 is 1.80. The van der Waals surface area contributed by atoms with Crippen LogP contribution >= 0.6 is 0 Å². The van der Waals surface area contributed by atoms with E-state index in [1.807, 2.05) is 20.0 Å². The number of hydrogen-bond donors (Lipinski definition) is 1. The number of aromatic nitrogens is 1. The summed E-state index contributed by atoms with van der Waals surface area (Å²) >= 11 is 0. The molecule has 5 nitrogen and oxygen atoms in total. The summed E-state index contributed by atoms with van der Waals surface area (Å²) in [6, 6.07) is 2.92. The van der Waals surface area contributed by atoms with Gasteiger partial charge in [-0.15, -0.1) is 0 Å². The number of aryl methyl sites for hydroxylation is 1. The summed E-state index contributed by atoms with van der Waals surface area (Å²) in [5.41, 5.74) is 1.53. The molecule has 0 aromatic carbocycles. The Hall–Kier alpha value is -1.78. The SMILES string of the molecule is Cc1ccc(C(=O)N(C2CC2)C(C)C(=O)O)n1C. The summed E-state index contributed by atoms with van der Waals surface area (Å²) in [7, 11) is 1.82. The minimum absolute atomic E-state index is 0.0822. The Morgan fingerprint density at radius 2 is 2.06 bits per heavy atom. The molecule has 0 aliphatic heterocycles. The third kappa shape index (κ3) is 2.12. The number of carboxylic acids is 1. The van der Waals surface area contributed by atoms with Gasteiger partial charge < -0.3 is 14.6 Å². The molecule has 1 unspecified atom stereocenters. The third-order valence-corrected chi connectivity index (χ3v) is 3.54. The quantitative estimate of drug-likeness (QED) is 0.878. The van der Waals surface area contributed by atoms with Gasteiger partial charge in [0.25, 0.3) is 5.91 Å². The number of amides is 1. The minimum atomic E-state index is -0.957. The van der Waals surface area contributed by atoms with E-state index in [-0.39, 0.29) is 11.9 Å². The summed E-state index contributed by atoms with van der Waals surface area (Å²) in [5.74, 6) is -1.15. The topological polar surface area (TPSA) is 62.5 Å². The molecular weight excluding hydrogens is 232 g/mol. The largest absolute Gasteiger partial charge is 0.480 e. The predicted octanol–water partition coefficient (Wildman–Crippen LogP) is 1.41. The van der Waals surface area contributed by atoms with Gasteiger partial charge in [-0.25, -0.2) is 4.79 Å². The van der Waals surface area contributed by atoms with Crippen molar-refractivity contribution in [3.8, 4) is 0 Å². The number of aliphatic carboxylic acids is 1. The van der Waals surface area contributed by atoms with Gasteiger partial charge in [0, 0.05) is 18.8 Å². The monoisotopic (exact) mass is 250 g/mol. The average molecular weight is 250 g/mol. The van der Waals surface area contributed by atoms with Crippen LogP contribution in [0.5, 0.6) is 0 Å². The van der Waals surface area contributed by atoms with Crippen molar-refractivity contribution < 1.29 is 14.7 Å². The van der Waals surface area contributed by atoms with Crippen LogP contribution in [-0.4, -0.2) is 38.5 Å². The first-order valence-corrected chi connectivity index (χ1v) is 6.11. The van der Waals surface area contributed by atoms with Gasteiger partial charge in [0.05, 0.1) is 0 Å². The van der Waals surface area contributed by atoms with Crippen LogP contribution in [0.15, 0.2) is 12.1 Å². The molecule has 1 aromatic rings. The molecule has 1 saturated carbocycles. The highest BCUT2D eigenvalue weighted by Crippen LogP contribution is 2.30. The first-order chi connectivity index (χ1) is 8.43. The maximum Gasteiger partial charge on any atom is 0.326 e. The molecule has 98 valence electrons. The Morgan fingerprint density at radius 1 is 1.44 bits per heavy atom. The Balaban J connectivity index is 2.29. The molecule has 5 heteroatoms. The molecule has 1 heterocycles. The second-order valence-corrected chi connectivity index (χ2v) is 4.88. The zero-order chi connectivity index (χ0) is 13.4. The lowest BCUT2D eigenvalue weighted by molar-refractivity contribution is -0.141. The second kappa shape index (κ2) is 4.48. The van der Waals surface area contributed by atoms with Crippen molar-refractivity contribution in [1.82, 2.24) is 9.47 Å². The predicted molar refractivity (Wildman–Crippen MR) is 66.4 cm³/mol. The van der Waals surface area contributed by atoms with E-state index in [1.165, 1.54) is 4.90 Å². The lowest BCUT2D eigenvalue weighted by Gasteiger charge is -2.26. The van der Waals surface area contributed by atoms with Crippen molar-refractivity contribution in [2.45, 2.75) is 38.8 Å². The molecule has 0 spiro atoms. The minimum Gasteiger partial charge on any atom is -0.480 e. The second-order valence-electron chi connectivity index (χ2n) is 4.88. The van der Waals surface area contributed by atoms with Gasteiger partial charge in [-0.1, -0.05) is 0 Å². The van der Waals surface area contributed by atoms with E-state index in [2.05, 4.69) is 0 Å². The van der Waals surface area contributed by atoms with Gasteiger partial charge in [-0.05, 0) is 38.8 Å². The molecule has 1 aliphatic rings. The van der Waals surface area contributed by atoms with E-state index in [4.69, 9.17) is 5.11 Å². The maximum atomic E-state index is 12.4. The fourth-order valence-electron chi connectivity index (χ4n) is 2.09. The fraction of sp³-hybridized carbons (Fsp3) is 0.538. The van der Waals surface area contributed by atoms with Crippen LogP contribution in [-0.2, 0) is 11.8 Å². The highest BCUT2D eigenvalue weighted by molar-refractivity contribution is 5.96. The smallest absolute Gasteiger partial charge is 0.326 e. The molecule has 1 atom stereocenters. The summed E-state index contributed by atoms with van der Waals surface area (Å²) in [4.78, 5) is 25.0. The highest BCUT2D eigenvalue weighted by Gasteiger charge is 2.39. The molecule has 2 rings (SSSR count). The van der Waals surface area contributed by atoms with Crippen molar-refractivity contribution >= 4 is 11.9 Å². The van der Waals surface area contributed by atoms with E-state index in [9.17, 15) is 9.59 Å². The van der Waals surface area contributed by atoms with E-state index in [0.717, 1.165) is 18.5 Å². The molecule has 0 radical (unpaired) electrons. The van der Waals surface area contributed by atoms with Gasteiger partial charge in [0.15, 0.2) is 0 Å². The zero-order valence-electron chi connectivity index (χ0n) is 10.9.